The van der Waals surface area contributed by atoms with Crippen molar-refractivity contribution in [2.75, 3.05) is 7.11 Å². The third-order valence-electron chi connectivity index (χ3n) is 2.60. The number of hydrazine groups is 1. The lowest BCUT2D eigenvalue weighted by Gasteiger charge is -2.16. The molecule has 5 nitrogen and oxygen atoms in total. The lowest BCUT2D eigenvalue weighted by atomic mass is 10.0. The van der Waals surface area contributed by atoms with Crippen molar-refractivity contribution in [2.45, 2.75) is 6.04 Å². The van der Waals surface area contributed by atoms with E-state index in [1.165, 1.54) is 13.2 Å². The molecule has 0 aliphatic heterocycles. The van der Waals surface area contributed by atoms with Crippen LogP contribution in [0.4, 0.5) is 4.39 Å². The summed E-state index contributed by atoms with van der Waals surface area (Å²) in [5.41, 5.74) is 3.42. The van der Waals surface area contributed by atoms with Crippen LogP contribution in [0, 0.1) is 5.82 Å². The van der Waals surface area contributed by atoms with Crippen LogP contribution < -0.4 is 16.0 Å². The Kier molecular flexibility index (Phi) is 4.41. The lowest BCUT2D eigenvalue weighted by Crippen LogP contribution is -2.30. The summed E-state index contributed by atoms with van der Waals surface area (Å²) in [5, 5.41) is 7.81. The summed E-state index contributed by atoms with van der Waals surface area (Å²) in [6.07, 6.45) is 0. The average molecular weight is 327 g/mol. The molecule has 7 heteroatoms. The number of rotatable bonds is 4. The van der Waals surface area contributed by atoms with E-state index in [1.54, 1.807) is 24.3 Å². The van der Waals surface area contributed by atoms with Crippen molar-refractivity contribution in [1.82, 2.24) is 15.6 Å². The third kappa shape index (κ3) is 3.06. The van der Waals surface area contributed by atoms with Gasteiger partial charge in [0.2, 0.25) is 5.88 Å². The van der Waals surface area contributed by atoms with Gasteiger partial charge in [-0.15, -0.1) is 10.2 Å². The molecule has 0 fully saturated rings. The highest BCUT2D eigenvalue weighted by Gasteiger charge is 2.18. The fourth-order valence-electron chi connectivity index (χ4n) is 1.66. The summed E-state index contributed by atoms with van der Waals surface area (Å²) in [7, 11) is 1.50. The molecule has 0 aliphatic rings. The summed E-state index contributed by atoms with van der Waals surface area (Å²) in [6.45, 7) is 0. The Labute approximate surface area is 118 Å². The molecule has 100 valence electrons. The standard InChI is InChI=1S/C12H12BrFN4O/c1-19-11-5-4-10(17-18-11)12(16-15)8-6-7(13)2-3-9(8)14/h2-6,12,16H,15H2,1H3. The van der Waals surface area contributed by atoms with Crippen LogP contribution in [-0.4, -0.2) is 17.3 Å². The van der Waals surface area contributed by atoms with Crippen LogP contribution in [0.15, 0.2) is 34.8 Å². The van der Waals surface area contributed by atoms with Crippen molar-refractivity contribution in [3.63, 3.8) is 0 Å². The van der Waals surface area contributed by atoms with Gasteiger partial charge in [-0.25, -0.2) is 9.82 Å². The van der Waals surface area contributed by atoms with E-state index in [1.807, 2.05) is 0 Å². The molecule has 1 aromatic heterocycles. The summed E-state index contributed by atoms with van der Waals surface area (Å²) in [6, 6.07) is 7.36. The Morgan fingerprint density at radius 1 is 1.32 bits per heavy atom. The number of aromatic nitrogens is 2. The minimum absolute atomic E-state index is 0.372. The Balaban J connectivity index is 2.40. The zero-order chi connectivity index (χ0) is 13.8. The van der Waals surface area contributed by atoms with Crippen molar-refractivity contribution in [2.24, 2.45) is 5.84 Å². The summed E-state index contributed by atoms with van der Waals surface area (Å²) >= 11 is 3.30. The highest BCUT2D eigenvalue weighted by atomic mass is 79.9. The number of nitrogens with one attached hydrogen (secondary N) is 1. The number of halogens is 2. The molecule has 0 saturated carbocycles. The predicted molar refractivity (Wildman–Crippen MR) is 71.9 cm³/mol. The molecular weight excluding hydrogens is 315 g/mol. The maximum atomic E-state index is 13.8. The molecular formula is C12H12BrFN4O. The normalized spacial score (nSPS) is 12.2. The smallest absolute Gasteiger partial charge is 0.233 e. The second kappa shape index (κ2) is 6.05. The molecule has 0 radical (unpaired) electrons. The van der Waals surface area contributed by atoms with Crippen LogP contribution in [0.2, 0.25) is 0 Å². The van der Waals surface area contributed by atoms with Gasteiger partial charge in [0.1, 0.15) is 5.82 Å². The molecule has 3 N–H and O–H groups in total. The molecule has 1 aromatic carbocycles. The lowest BCUT2D eigenvalue weighted by molar-refractivity contribution is 0.390. The Hall–Kier alpha value is -1.57. The number of benzene rings is 1. The van der Waals surface area contributed by atoms with Crippen molar-refractivity contribution < 1.29 is 9.13 Å². The number of hydrogen-bond donors (Lipinski definition) is 2. The van der Waals surface area contributed by atoms with E-state index < -0.39 is 6.04 Å². The molecule has 0 spiro atoms. The SMILES string of the molecule is COc1ccc(C(NN)c2cc(Br)ccc2F)nn1. The number of hydrogen-bond acceptors (Lipinski definition) is 5. The van der Waals surface area contributed by atoms with Gasteiger partial charge < -0.3 is 4.74 Å². The van der Waals surface area contributed by atoms with Gasteiger partial charge in [-0.1, -0.05) is 15.9 Å². The van der Waals surface area contributed by atoms with Crippen molar-refractivity contribution in [3.8, 4) is 5.88 Å². The molecule has 1 unspecified atom stereocenters. The fourth-order valence-corrected chi connectivity index (χ4v) is 2.04. The first-order chi connectivity index (χ1) is 9.15. The second-order valence-corrected chi connectivity index (χ2v) is 4.68. The van der Waals surface area contributed by atoms with Gasteiger partial charge in [-0.2, -0.15) is 0 Å². The first-order valence-corrected chi connectivity index (χ1v) is 6.23. The van der Waals surface area contributed by atoms with Crippen molar-refractivity contribution >= 4 is 15.9 Å². The van der Waals surface area contributed by atoms with Crippen molar-refractivity contribution in [3.05, 3.63) is 51.9 Å². The molecule has 19 heavy (non-hydrogen) atoms. The van der Waals surface area contributed by atoms with Gasteiger partial charge in [0.05, 0.1) is 18.8 Å². The minimum atomic E-state index is -0.587. The van der Waals surface area contributed by atoms with E-state index in [4.69, 9.17) is 10.6 Å². The quantitative estimate of drug-likeness (QED) is 0.663. The summed E-state index contributed by atoms with van der Waals surface area (Å²) in [4.78, 5) is 0. The monoisotopic (exact) mass is 326 g/mol. The Morgan fingerprint density at radius 2 is 2.11 bits per heavy atom. The van der Waals surface area contributed by atoms with E-state index in [0.29, 0.717) is 17.1 Å². The Morgan fingerprint density at radius 3 is 2.68 bits per heavy atom. The summed E-state index contributed by atoms with van der Waals surface area (Å²) < 4.78 is 19.5. The van der Waals surface area contributed by atoms with Crippen LogP contribution >= 0.6 is 15.9 Å². The first kappa shape index (κ1) is 13.9. The highest BCUT2D eigenvalue weighted by Crippen LogP contribution is 2.25. The number of nitrogens with zero attached hydrogens (tertiary/aromatic N) is 2. The first-order valence-electron chi connectivity index (χ1n) is 5.44. The third-order valence-corrected chi connectivity index (χ3v) is 3.09. The molecule has 0 aliphatic carbocycles. The zero-order valence-electron chi connectivity index (χ0n) is 10.1. The average Bonchev–Trinajstić information content (AvgIpc) is 2.44. The number of methoxy groups -OCH3 is 1. The van der Waals surface area contributed by atoms with Crippen LogP contribution in [0.5, 0.6) is 5.88 Å². The molecule has 1 atom stereocenters. The maximum Gasteiger partial charge on any atom is 0.233 e. The minimum Gasteiger partial charge on any atom is -0.480 e. The van der Waals surface area contributed by atoms with E-state index in [2.05, 4.69) is 31.6 Å². The van der Waals surface area contributed by atoms with Crippen LogP contribution in [-0.2, 0) is 0 Å². The van der Waals surface area contributed by atoms with E-state index in [-0.39, 0.29) is 5.82 Å². The summed E-state index contributed by atoms with van der Waals surface area (Å²) in [5.74, 6) is 5.51. The van der Waals surface area contributed by atoms with Gasteiger partial charge in [-0.3, -0.25) is 5.84 Å². The van der Waals surface area contributed by atoms with Gasteiger partial charge in [0, 0.05) is 16.1 Å². The van der Waals surface area contributed by atoms with Crippen LogP contribution in [0.3, 0.4) is 0 Å². The van der Waals surface area contributed by atoms with Gasteiger partial charge in [0.25, 0.3) is 0 Å². The topological polar surface area (TPSA) is 73.1 Å². The highest BCUT2D eigenvalue weighted by molar-refractivity contribution is 9.10. The van der Waals surface area contributed by atoms with Gasteiger partial charge in [-0.05, 0) is 24.3 Å². The zero-order valence-corrected chi connectivity index (χ0v) is 11.7. The molecule has 2 rings (SSSR count). The van der Waals surface area contributed by atoms with E-state index in [0.717, 1.165) is 4.47 Å². The van der Waals surface area contributed by atoms with Crippen LogP contribution in [0.25, 0.3) is 0 Å². The molecule has 0 bridgehead atoms. The van der Waals surface area contributed by atoms with E-state index >= 15 is 0 Å². The van der Waals surface area contributed by atoms with Gasteiger partial charge in [0.15, 0.2) is 0 Å². The molecule has 2 aromatic rings. The molecule has 0 saturated heterocycles. The number of nitrogens with two attached hydrogens (primary N) is 1. The Bertz CT molecular complexity index is 564. The van der Waals surface area contributed by atoms with Crippen LogP contribution in [0.1, 0.15) is 17.3 Å². The fraction of sp³-hybridized carbons (Fsp3) is 0.167. The second-order valence-electron chi connectivity index (χ2n) is 3.77. The molecule has 1 heterocycles. The largest absolute Gasteiger partial charge is 0.480 e. The molecule has 0 amide bonds. The van der Waals surface area contributed by atoms with Crippen molar-refractivity contribution in [1.29, 1.82) is 0 Å². The maximum absolute atomic E-state index is 13.8. The number of ether oxygens (including phenoxy) is 1. The van der Waals surface area contributed by atoms with Gasteiger partial charge >= 0.3 is 0 Å². The van der Waals surface area contributed by atoms with E-state index in [9.17, 15) is 4.39 Å². The predicted octanol–water partition coefficient (Wildman–Crippen LogP) is 1.94.